The zero-order valence-electron chi connectivity index (χ0n) is 13.9. The SMILES string of the molecule is CCNC(=O)c1cccc(NC(=O)Cn2c(-c3cccs3)noc2=O)c1. The maximum Gasteiger partial charge on any atom is 0.442 e. The minimum Gasteiger partial charge on any atom is -0.352 e. The zero-order valence-corrected chi connectivity index (χ0v) is 14.7. The number of rotatable bonds is 6. The van der Waals surface area contributed by atoms with Gasteiger partial charge in [0.25, 0.3) is 5.91 Å². The van der Waals surface area contributed by atoms with E-state index < -0.39 is 11.7 Å². The molecule has 3 rings (SSSR count). The highest BCUT2D eigenvalue weighted by Gasteiger charge is 2.17. The van der Waals surface area contributed by atoms with E-state index in [1.807, 2.05) is 18.4 Å². The van der Waals surface area contributed by atoms with Gasteiger partial charge in [0.1, 0.15) is 6.54 Å². The molecule has 0 bridgehead atoms. The lowest BCUT2D eigenvalue weighted by molar-refractivity contribution is -0.116. The van der Waals surface area contributed by atoms with Crippen molar-refractivity contribution in [2.45, 2.75) is 13.5 Å². The molecule has 3 aromatic rings. The Bertz CT molecular complexity index is 975. The van der Waals surface area contributed by atoms with Gasteiger partial charge in [0.05, 0.1) is 4.88 Å². The van der Waals surface area contributed by atoms with Crippen LogP contribution in [0.1, 0.15) is 17.3 Å². The van der Waals surface area contributed by atoms with Crippen molar-refractivity contribution in [2.24, 2.45) is 0 Å². The molecule has 1 aromatic carbocycles. The smallest absolute Gasteiger partial charge is 0.352 e. The van der Waals surface area contributed by atoms with Gasteiger partial charge in [-0.15, -0.1) is 11.3 Å². The summed E-state index contributed by atoms with van der Waals surface area (Å²) in [5.74, 6) is -1.06. The van der Waals surface area contributed by atoms with Gasteiger partial charge in [-0.1, -0.05) is 17.3 Å². The Hall–Kier alpha value is -3.20. The Morgan fingerprint density at radius 1 is 1.27 bits per heavy atom. The molecule has 9 heteroatoms. The van der Waals surface area contributed by atoms with Gasteiger partial charge >= 0.3 is 5.76 Å². The topological polar surface area (TPSA) is 106 Å². The molecule has 2 N–H and O–H groups in total. The second-order valence-corrected chi connectivity index (χ2v) is 6.27. The van der Waals surface area contributed by atoms with Crippen LogP contribution in [0.2, 0.25) is 0 Å². The van der Waals surface area contributed by atoms with Crippen molar-refractivity contribution < 1.29 is 14.1 Å². The number of thiophene rings is 1. The highest BCUT2D eigenvalue weighted by molar-refractivity contribution is 7.13. The molecule has 0 radical (unpaired) electrons. The second kappa shape index (κ2) is 7.79. The van der Waals surface area contributed by atoms with Gasteiger partial charge in [-0.2, -0.15) is 0 Å². The standard InChI is InChI=1S/C17H16N4O4S/c1-2-18-16(23)11-5-3-6-12(9-11)19-14(22)10-21-15(20-25-17(21)24)13-7-4-8-26-13/h3-9H,2,10H2,1H3,(H,18,23)(H,19,22). The van der Waals surface area contributed by atoms with Crippen LogP contribution in [-0.2, 0) is 11.3 Å². The average molecular weight is 372 g/mol. The fourth-order valence-corrected chi connectivity index (χ4v) is 3.05. The number of nitrogens with one attached hydrogen (secondary N) is 2. The lowest BCUT2D eigenvalue weighted by Gasteiger charge is -2.08. The molecular weight excluding hydrogens is 356 g/mol. The minimum atomic E-state index is -0.709. The lowest BCUT2D eigenvalue weighted by Crippen LogP contribution is -2.26. The van der Waals surface area contributed by atoms with Gasteiger partial charge in [0.15, 0.2) is 5.82 Å². The van der Waals surface area contributed by atoms with E-state index in [1.54, 1.807) is 30.3 Å². The maximum atomic E-state index is 12.3. The molecule has 0 saturated heterocycles. The second-order valence-electron chi connectivity index (χ2n) is 5.32. The summed E-state index contributed by atoms with van der Waals surface area (Å²) < 4.78 is 5.84. The molecule has 0 fully saturated rings. The Balaban J connectivity index is 1.75. The molecule has 2 aromatic heterocycles. The molecule has 26 heavy (non-hydrogen) atoms. The maximum absolute atomic E-state index is 12.3. The Morgan fingerprint density at radius 3 is 2.85 bits per heavy atom. The Morgan fingerprint density at radius 2 is 2.12 bits per heavy atom. The fourth-order valence-electron chi connectivity index (χ4n) is 2.34. The van der Waals surface area contributed by atoms with Crippen molar-refractivity contribution in [2.75, 3.05) is 11.9 Å². The quantitative estimate of drug-likeness (QED) is 0.688. The zero-order chi connectivity index (χ0) is 18.5. The third-order valence-electron chi connectivity index (χ3n) is 3.48. The molecule has 0 atom stereocenters. The van der Waals surface area contributed by atoms with Crippen molar-refractivity contribution in [3.05, 3.63) is 57.9 Å². The van der Waals surface area contributed by atoms with E-state index >= 15 is 0 Å². The van der Waals surface area contributed by atoms with Crippen LogP contribution in [0.15, 0.2) is 51.1 Å². The molecule has 0 aliphatic heterocycles. The van der Waals surface area contributed by atoms with Gasteiger partial charge in [-0.25, -0.2) is 9.36 Å². The molecule has 2 heterocycles. The van der Waals surface area contributed by atoms with Crippen LogP contribution < -0.4 is 16.4 Å². The number of carbonyl (C=O) groups is 2. The van der Waals surface area contributed by atoms with Crippen molar-refractivity contribution >= 4 is 28.8 Å². The molecule has 2 amide bonds. The summed E-state index contributed by atoms with van der Waals surface area (Å²) in [6.07, 6.45) is 0. The van der Waals surface area contributed by atoms with Crippen LogP contribution in [0.25, 0.3) is 10.7 Å². The Labute approximate surface area is 152 Å². The van der Waals surface area contributed by atoms with E-state index in [0.29, 0.717) is 23.6 Å². The average Bonchev–Trinajstić information content (AvgIpc) is 3.26. The van der Waals surface area contributed by atoms with Crippen molar-refractivity contribution in [3.63, 3.8) is 0 Å². The third kappa shape index (κ3) is 3.89. The molecule has 8 nitrogen and oxygen atoms in total. The molecule has 0 spiro atoms. The van der Waals surface area contributed by atoms with Gasteiger partial charge in [0, 0.05) is 17.8 Å². The van der Waals surface area contributed by atoms with E-state index in [9.17, 15) is 14.4 Å². The molecule has 0 unspecified atom stereocenters. The molecular formula is C17H16N4O4S. The molecule has 134 valence electrons. The highest BCUT2D eigenvalue weighted by Crippen LogP contribution is 2.21. The molecule has 0 aliphatic rings. The van der Waals surface area contributed by atoms with Crippen LogP contribution in [0.4, 0.5) is 5.69 Å². The number of carbonyl (C=O) groups excluding carboxylic acids is 2. The van der Waals surface area contributed by atoms with Gasteiger partial charge in [-0.05, 0) is 36.6 Å². The van der Waals surface area contributed by atoms with Gasteiger partial charge < -0.3 is 10.6 Å². The number of anilines is 1. The third-order valence-corrected chi connectivity index (χ3v) is 4.34. The highest BCUT2D eigenvalue weighted by atomic mass is 32.1. The summed E-state index contributed by atoms with van der Waals surface area (Å²) in [4.78, 5) is 36.8. The summed E-state index contributed by atoms with van der Waals surface area (Å²) in [5, 5.41) is 10.9. The van der Waals surface area contributed by atoms with Crippen LogP contribution in [-0.4, -0.2) is 28.1 Å². The van der Waals surface area contributed by atoms with E-state index in [4.69, 9.17) is 0 Å². The van der Waals surface area contributed by atoms with Gasteiger partial charge in [-0.3, -0.25) is 14.1 Å². The number of hydrogen-bond acceptors (Lipinski definition) is 6. The Kier molecular flexibility index (Phi) is 5.28. The van der Waals surface area contributed by atoms with E-state index in [0.717, 1.165) is 9.44 Å². The largest absolute Gasteiger partial charge is 0.442 e. The van der Waals surface area contributed by atoms with Crippen LogP contribution in [0.3, 0.4) is 0 Å². The van der Waals surface area contributed by atoms with Crippen molar-refractivity contribution in [1.82, 2.24) is 15.0 Å². The summed E-state index contributed by atoms with van der Waals surface area (Å²) in [6.45, 7) is 2.09. The summed E-state index contributed by atoms with van der Waals surface area (Å²) in [7, 11) is 0. The summed E-state index contributed by atoms with van der Waals surface area (Å²) in [5.41, 5.74) is 0.895. The summed E-state index contributed by atoms with van der Waals surface area (Å²) >= 11 is 1.39. The number of nitrogens with zero attached hydrogens (tertiary/aromatic N) is 2. The van der Waals surface area contributed by atoms with Crippen LogP contribution in [0.5, 0.6) is 0 Å². The van der Waals surface area contributed by atoms with Crippen molar-refractivity contribution in [3.8, 4) is 10.7 Å². The normalized spacial score (nSPS) is 10.5. The first-order valence-electron chi connectivity index (χ1n) is 7.87. The monoisotopic (exact) mass is 372 g/mol. The van der Waals surface area contributed by atoms with Crippen LogP contribution in [0, 0.1) is 0 Å². The molecule has 0 aliphatic carbocycles. The first-order valence-corrected chi connectivity index (χ1v) is 8.75. The van der Waals surface area contributed by atoms with Gasteiger partial charge in [0.2, 0.25) is 5.91 Å². The molecule has 0 saturated carbocycles. The van der Waals surface area contributed by atoms with E-state index in [1.165, 1.54) is 11.3 Å². The van der Waals surface area contributed by atoms with E-state index in [-0.39, 0.29) is 12.5 Å². The fraction of sp³-hybridized carbons (Fsp3) is 0.176. The predicted octanol–water partition coefficient (Wildman–Crippen LogP) is 1.95. The number of hydrogen-bond donors (Lipinski definition) is 2. The predicted molar refractivity (Wildman–Crippen MR) is 97.2 cm³/mol. The van der Waals surface area contributed by atoms with Crippen LogP contribution >= 0.6 is 11.3 Å². The number of aromatic nitrogens is 2. The van der Waals surface area contributed by atoms with E-state index in [2.05, 4.69) is 20.3 Å². The van der Waals surface area contributed by atoms with Crippen molar-refractivity contribution in [1.29, 1.82) is 0 Å². The first-order chi connectivity index (χ1) is 12.6. The minimum absolute atomic E-state index is 0.223. The lowest BCUT2D eigenvalue weighted by atomic mass is 10.2. The number of benzene rings is 1. The first kappa shape index (κ1) is 17.6. The summed E-state index contributed by atoms with van der Waals surface area (Å²) in [6, 6.07) is 10.2. The number of amides is 2.